The van der Waals surface area contributed by atoms with E-state index in [4.69, 9.17) is 22.4 Å². The lowest BCUT2D eigenvalue weighted by Gasteiger charge is -2.10. The highest BCUT2D eigenvalue weighted by Crippen LogP contribution is 2.36. The molecule has 4 nitrogen and oxygen atoms in total. The van der Waals surface area contributed by atoms with E-state index in [1.165, 1.54) is 12.1 Å². The minimum absolute atomic E-state index is 0.0548. The molecule has 1 rings (SSSR count). The first-order valence-corrected chi connectivity index (χ1v) is 4.77. The molecule has 1 aromatic rings. The lowest BCUT2D eigenvalue weighted by atomic mass is 10.1. The molecule has 0 aliphatic rings. The smallest absolute Gasteiger partial charge is 0.325 e. The molecular weight excluding hydrogens is 273 g/mol. The first-order valence-electron chi connectivity index (χ1n) is 3.60. The number of carboxylic acid groups (broad SMARTS) is 1. The van der Waals surface area contributed by atoms with Crippen LogP contribution in [0.15, 0.2) is 16.6 Å². The van der Waals surface area contributed by atoms with E-state index in [1.807, 2.05) is 0 Å². The van der Waals surface area contributed by atoms with Gasteiger partial charge in [-0.2, -0.15) is 0 Å². The van der Waals surface area contributed by atoms with Crippen LogP contribution < -0.4 is 5.73 Å². The number of phenolic OH excluding ortho intramolecular Hbond substituents is 1. The van der Waals surface area contributed by atoms with E-state index in [0.717, 1.165) is 0 Å². The van der Waals surface area contributed by atoms with Crippen molar-refractivity contribution in [2.24, 2.45) is 5.73 Å². The van der Waals surface area contributed by atoms with Gasteiger partial charge in [0.25, 0.3) is 0 Å². The summed E-state index contributed by atoms with van der Waals surface area (Å²) in [5.74, 6) is -1.53. The number of rotatable bonds is 2. The summed E-state index contributed by atoms with van der Waals surface area (Å²) in [4.78, 5) is 10.6. The third kappa shape index (κ3) is 2.00. The van der Waals surface area contributed by atoms with Crippen LogP contribution in [0.25, 0.3) is 0 Å². The number of nitrogens with two attached hydrogens (primary N) is 1. The number of carbonyl (C=O) groups is 1. The number of halogens is 2. The van der Waals surface area contributed by atoms with E-state index in [1.54, 1.807) is 0 Å². The second kappa shape index (κ2) is 4.16. The number of carboxylic acids is 1. The maximum Gasteiger partial charge on any atom is 0.325 e. The molecule has 0 heterocycles. The molecule has 0 spiro atoms. The SMILES string of the molecule is NC(C(=O)O)c1ccc(Br)c(Cl)c1O. The molecule has 1 unspecified atom stereocenters. The fraction of sp³-hybridized carbons (Fsp3) is 0.125. The van der Waals surface area contributed by atoms with Crippen LogP contribution in [0.1, 0.15) is 11.6 Å². The van der Waals surface area contributed by atoms with Crippen molar-refractivity contribution in [1.29, 1.82) is 0 Å². The first-order chi connectivity index (χ1) is 6.45. The molecule has 0 aliphatic carbocycles. The molecule has 0 aliphatic heterocycles. The number of hydrogen-bond acceptors (Lipinski definition) is 3. The Morgan fingerprint density at radius 3 is 2.64 bits per heavy atom. The summed E-state index contributed by atoms with van der Waals surface area (Å²) in [6.45, 7) is 0. The Morgan fingerprint density at radius 1 is 1.57 bits per heavy atom. The fourth-order valence-corrected chi connectivity index (χ4v) is 1.43. The average Bonchev–Trinajstić information content (AvgIpc) is 2.13. The normalized spacial score (nSPS) is 12.5. The highest BCUT2D eigenvalue weighted by molar-refractivity contribution is 9.10. The van der Waals surface area contributed by atoms with E-state index in [-0.39, 0.29) is 16.3 Å². The van der Waals surface area contributed by atoms with E-state index < -0.39 is 12.0 Å². The van der Waals surface area contributed by atoms with Gasteiger partial charge in [0.1, 0.15) is 11.8 Å². The van der Waals surface area contributed by atoms with Gasteiger partial charge in [0, 0.05) is 10.0 Å². The third-order valence-corrected chi connectivity index (χ3v) is 2.97. The molecule has 0 aromatic heterocycles. The van der Waals surface area contributed by atoms with Crippen molar-refractivity contribution < 1.29 is 15.0 Å². The van der Waals surface area contributed by atoms with Gasteiger partial charge >= 0.3 is 5.97 Å². The summed E-state index contributed by atoms with van der Waals surface area (Å²) in [6.07, 6.45) is 0. The van der Waals surface area contributed by atoms with Gasteiger partial charge < -0.3 is 15.9 Å². The van der Waals surface area contributed by atoms with Crippen LogP contribution in [0.3, 0.4) is 0 Å². The zero-order valence-electron chi connectivity index (χ0n) is 6.87. The van der Waals surface area contributed by atoms with Crippen molar-refractivity contribution in [3.05, 3.63) is 27.2 Å². The zero-order chi connectivity index (χ0) is 10.9. The number of hydrogen-bond donors (Lipinski definition) is 3. The maximum atomic E-state index is 10.6. The van der Waals surface area contributed by atoms with E-state index in [0.29, 0.717) is 4.47 Å². The Kier molecular flexibility index (Phi) is 3.36. The van der Waals surface area contributed by atoms with Gasteiger partial charge in [-0.05, 0) is 22.0 Å². The number of aliphatic carboxylic acids is 1. The molecule has 0 saturated heterocycles. The van der Waals surface area contributed by atoms with Gasteiger partial charge in [0.05, 0.1) is 5.02 Å². The van der Waals surface area contributed by atoms with E-state index in [9.17, 15) is 9.90 Å². The van der Waals surface area contributed by atoms with Gasteiger partial charge in [-0.3, -0.25) is 4.79 Å². The van der Waals surface area contributed by atoms with Gasteiger partial charge in [-0.1, -0.05) is 17.7 Å². The predicted molar refractivity (Wildman–Crippen MR) is 55.4 cm³/mol. The molecule has 1 atom stereocenters. The highest BCUT2D eigenvalue weighted by Gasteiger charge is 2.20. The molecule has 14 heavy (non-hydrogen) atoms. The van der Waals surface area contributed by atoms with Crippen molar-refractivity contribution in [2.45, 2.75) is 6.04 Å². The third-order valence-electron chi connectivity index (χ3n) is 1.70. The second-order valence-corrected chi connectivity index (χ2v) is 3.85. The lowest BCUT2D eigenvalue weighted by molar-refractivity contribution is -0.138. The minimum Gasteiger partial charge on any atom is -0.506 e. The molecule has 6 heteroatoms. The summed E-state index contributed by atoms with van der Waals surface area (Å²) >= 11 is 8.77. The lowest BCUT2D eigenvalue weighted by Crippen LogP contribution is -2.20. The van der Waals surface area contributed by atoms with Crippen molar-refractivity contribution in [3.63, 3.8) is 0 Å². The first kappa shape index (κ1) is 11.3. The van der Waals surface area contributed by atoms with Crippen molar-refractivity contribution >= 4 is 33.5 Å². The summed E-state index contributed by atoms with van der Waals surface area (Å²) < 4.78 is 0.484. The molecular formula is C8H7BrClNO3. The summed E-state index contributed by atoms with van der Waals surface area (Å²) in [7, 11) is 0. The van der Waals surface area contributed by atoms with Crippen LogP contribution in [-0.4, -0.2) is 16.2 Å². The van der Waals surface area contributed by atoms with Crippen LogP contribution >= 0.6 is 27.5 Å². The van der Waals surface area contributed by atoms with Gasteiger partial charge in [0.15, 0.2) is 0 Å². The standard InChI is InChI=1S/C8H7BrClNO3/c9-4-2-1-3(6(11)8(13)14)7(12)5(4)10/h1-2,6,12H,11H2,(H,13,14). The van der Waals surface area contributed by atoms with Crippen molar-refractivity contribution in [3.8, 4) is 5.75 Å². The number of phenols is 1. The topological polar surface area (TPSA) is 83.6 Å². The van der Waals surface area contributed by atoms with Crippen LogP contribution in [0.2, 0.25) is 5.02 Å². The minimum atomic E-state index is -1.28. The molecule has 4 N–H and O–H groups in total. The Balaban J connectivity index is 3.24. The molecule has 0 fully saturated rings. The van der Waals surface area contributed by atoms with Crippen LogP contribution in [0.4, 0.5) is 0 Å². The van der Waals surface area contributed by atoms with E-state index in [2.05, 4.69) is 15.9 Å². The van der Waals surface area contributed by atoms with Crippen molar-refractivity contribution in [2.75, 3.05) is 0 Å². The fourth-order valence-electron chi connectivity index (χ4n) is 0.939. The Labute approximate surface area is 93.4 Å². The predicted octanol–water partition coefficient (Wildman–Crippen LogP) is 1.89. The average molecular weight is 281 g/mol. The Morgan fingerprint density at radius 2 is 2.14 bits per heavy atom. The highest BCUT2D eigenvalue weighted by atomic mass is 79.9. The summed E-state index contributed by atoms with van der Waals surface area (Å²) in [6, 6.07) is 1.66. The summed E-state index contributed by atoms with van der Waals surface area (Å²) in [5, 5.41) is 18.2. The van der Waals surface area contributed by atoms with Gasteiger partial charge in [-0.15, -0.1) is 0 Å². The number of benzene rings is 1. The van der Waals surface area contributed by atoms with Gasteiger partial charge in [0.2, 0.25) is 0 Å². The molecule has 0 radical (unpaired) electrons. The van der Waals surface area contributed by atoms with Crippen LogP contribution in [-0.2, 0) is 4.79 Å². The maximum absolute atomic E-state index is 10.6. The Hall–Kier alpha value is -0.780. The van der Waals surface area contributed by atoms with Crippen molar-refractivity contribution in [1.82, 2.24) is 0 Å². The van der Waals surface area contributed by atoms with E-state index >= 15 is 0 Å². The molecule has 0 amide bonds. The Bertz CT molecular complexity index is 383. The zero-order valence-corrected chi connectivity index (χ0v) is 9.21. The molecule has 76 valence electrons. The largest absolute Gasteiger partial charge is 0.506 e. The monoisotopic (exact) mass is 279 g/mol. The molecule has 0 saturated carbocycles. The summed E-state index contributed by atoms with van der Waals surface area (Å²) in [5.41, 5.74) is 5.41. The van der Waals surface area contributed by atoms with Crippen LogP contribution in [0.5, 0.6) is 5.75 Å². The van der Waals surface area contributed by atoms with Gasteiger partial charge in [-0.25, -0.2) is 0 Å². The quantitative estimate of drug-likeness (QED) is 0.772. The second-order valence-electron chi connectivity index (χ2n) is 2.62. The molecule has 1 aromatic carbocycles. The molecule has 0 bridgehead atoms. The van der Waals surface area contributed by atoms with Crippen LogP contribution in [0, 0.1) is 0 Å². The number of aromatic hydroxyl groups is 1.